The van der Waals surface area contributed by atoms with Gasteiger partial charge in [0.05, 0.1) is 0 Å². The molecule has 2 heterocycles. The predicted octanol–water partition coefficient (Wildman–Crippen LogP) is 2.65. The van der Waals surface area contributed by atoms with Crippen LogP contribution in [0.1, 0.15) is 5.69 Å². The minimum atomic E-state index is -4.43. The minimum absolute atomic E-state index is 0.0465. The number of halogens is 3. The Morgan fingerprint density at radius 2 is 2.08 bits per heavy atom. The van der Waals surface area contributed by atoms with Crippen molar-refractivity contribution in [3.63, 3.8) is 0 Å². The van der Waals surface area contributed by atoms with Crippen LogP contribution in [0.3, 0.4) is 0 Å². The molecule has 0 aliphatic heterocycles. The van der Waals surface area contributed by atoms with Gasteiger partial charge in [0.15, 0.2) is 6.26 Å². The molecule has 0 bridgehead atoms. The van der Waals surface area contributed by atoms with Crippen LogP contribution in [0, 0.1) is 6.26 Å². The summed E-state index contributed by atoms with van der Waals surface area (Å²) in [6.07, 6.45) is -2.12. The number of alkyl halides is 3. The van der Waals surface area contributed by atoms with Crippen LogP contribution in [-0.4, -0.2) is 4.98 Å². The molecule has 0 unspecified atom stereocenters. The summed E-state index contributed by atoms with van der Waals surface area (Å²) in [6.45, 7) is 0. The van der Waals surface area contributed by atoms with Crippen LogP contribution < -0.4 is 0 Å². The number of hydrogen-bond donors (Lipinski definition) is 0. The van der Waals surface area contributed by atoms with Crippen LogP contribution in [-0.2, 0) is 6.18 Å². The summed E-state index contributed by atoms with van der Waals surface area (Å²) in [6, 6.07) is 3.64. The first-order valence-corrected chi connectivity index (χ1v) is 3.41. The fourth-order valence-corrected chi connectivity index (χ4v) is 0.949. The summed E-state index contributed by atoms with van der Waals surface area (Å²) in [5, 5.41) is 0.507. The van der Waals surface area contributed by atoms with Crippen molar-refractivity contribution in [2.24, 2.45) is 0 Å². The molecule has 0 saturated carbocycles. The van der Waals surface area contributed by atoms with Crippen molar-refractivity contribution in [1.29, 1.82) is 0 Å². The van der Waals surface area contributed by atoms with Crippen LogP contribution in [0.2, 0.25) is 0 Å². The van der Waals surface area contributed by atoms with Crippen molar-refractivity contribution in [3.05, 3.63) is 30.2 Å². The topological polar surface area (TPSA) is 26.0 Å². The van der Waals surface area contributed by atoms with Crippen LogP contribution in [0.15, 0.2) is 22.6 Å². The van der Waals surface area contributed by atoms with Crippen molar-refractivity contribution < 1.29 is 17.6 Å². The number of hydrogen-bond acceptors (Lipinski definition) is 2. The number of aromatic nitrogens is 1. The molecule has 0 aliphatic carbocycles. The van der Waals surface area contributed by atoms with Crippen LogP contribution >= 0.6 is 0 Å². The highest BCUT2D eigenvalue weighted by Gasteiger charge is 2.32. The van der Waals surface area contributed by atoms with Crippen LogP contribution in [0.5, 0.6) is 0 Å². The molecule has 5 heteroatoms. The highest BCUT2D eigenvalue weighted by atomic mass is 19.4. The van der Waals surface area contributed by atoms with Gasteiger partial charge in [0, 0.05) is 5.39 Å². The van der Waals surface area contributed by atoms with E-state index in [9.17, 15) is 13.2 Å². The lowest BCUT2D eigenvalue weighted by molar-refractivity contribution is -0.141. The monoisotopic (exact) mass is 186 g/mol. The van der Waals surface area contributed by atoms with E-state index in [4.69, 9.17) is 0 Å². The fraction of sp³-hybridized carbons (Fsp3) is 0.125. The smallest absolute Gasteiger partial charge is 0.433 e. The molecule has 67 valence electrons. The Hall–Kier alpha value is -1.52. The van der Waals surface area contributed by atoms with E-state index in [0.717, 1.165) is 6.07 Å². The number of furan rings is 1. The molecule has 0 spiro atoms. The molecule has 0 aliphatic rings. The van der Waals surface area contributed by atoms with Gasteiger partial charge in [-0.2, -0.15) is 13.2 Å². The maximum absolute atomic E-state index is 12.1. The van der Waals surface area contributed by atoms with E-state index in [1.165, 1.54) is 12.1 Å². The first-order valence-electron chi connectivity index (χ1n) is 3.41. The van der Waals surface area contributed by atoms with Gasteiger partial charge in [-0.15, -0.1) is 0 Å². The summed E-state index contributed by atoms with van der Waals surface area (Å²) in [5.74, 6) is 0. The van der Waals surface area contributed by atoms with Gasteiger partial charge in [0.2, 0.25) is 5.71 Å². The molecule has 2 aromatic rings. The molecule has 0 amide bonds. The summed E-state index contributed by atoms with van der Waals surface area (Å²) in [5.41, 5.74) is -1.00. The Labute approximate surface area is 71.0 Å². The Morgan fingerprint density at radius 1 is 1.31 bits per heavy atom. The average Bonchev–Trinajstić information content (AvgIpc) is 2.47. The largest absolute Gasteiger partial charge is 0.434 e. The van der Waals surface area contributed by atoms with E-state index >= 15 is 0 Å². The maximum Gasteiger partial charge on any atom is 0.433 e. The molecule has 0 saturated heterocycles. The van der Waals surface area contributed by atoms with Crippen molar-refractivity contribution >= 4 is 11.1 Å². The summed E-state index contributed by atoms with van der Waals surface area (Å²) in [4.78, 5) is 3.28. The van der Waals surface area contributed by atoms with E-state index in [1.807, 2.05) is 0 Å². The Kier molecular flexibility index (Phi) is 1.55. The van der Waals surface area contributed by atoms with E-state index in [-0.39, 0.29) is 5.71 Å². The quantitative estimate of drug-likeness (QED) is 0.632. The van der Waals surface area contributed by atoms with Gasteiger partial charge in [-0.05, 0) is 18.2 Å². The zero-order chi connectivity index (χ0) is 9.47. The molecule has 2 aromatic heterocycles. The van der Waals surface area contributed by atoms with Gasteiger partial charge >= 0.3 is 6.18 Å². The lowest BCUT2D eigenvalue weighted by atomic mass is 10.3. The molecule has 13 heavy (non-hydrogen) atoms. The molecule has 0 aromatic carbocycles. The van der Waals surface area contributed by atoms with E-state index < -0.39 is 11.9 Å². The maximum atomic E-state index is 12.1. The fourth-order valence-electron chi connectivity index (χ4n) is 0.949. The molecule has 2 nitrogen and oxygen atoms in total. The van der Waals surface area contributed by atoms with Gasteiger partial charge in [-0.1, -0.05) is 0 Å². The normalized spacial score (nSPS) is 12.2. The number of rotatable bonds is 0. The van der Waals surface area contributed by atoms with Gasteiger partial charge in [-0.3, -0.25) is 0 Å². The Balaban J connectivity index is 2.61. The lowest BCUT2D eigenvalue weighted by Crippen LogP contribution is -2.06. The molecule has 2 rings (SSSR count). The third kappa shape index (κ3) is 1.37. The van der Waals surface area contributed by atoms with Crippen LogP contribution in [0.25, 0.3) is 11.1 Å². The van der Waals surface area contributed by atoms with Gasteiger partial charge in [0.25, 0.3) is 0 Å². The highest BCUT2D eigenvalue weighted by molar-refractivity contribution is 5.72. The zero-order valence-electron chi connectivity index (χ0n) is 6.22. The Bertz CT molecular complexity index is 432. The SMILES string of the molecule is FC(F)(F)c1ccc2c[c]oc2n1. The highest BCUT2D eigenvalue weighted by Crippen LogP contribution is 2.28. The van der Waals surface area contributed by atoms with Gasteiger partial charge in [0.1, 0.15) is 5.69 Å². The molecule has 1 radical (unpaired) electrons. The average molecular weight is 186 g/mol. The van der Waals surface area contributed by atoms with E-state index in [1.54, 1.807) is 0 Å². The van der Waals surface area contributed by atoms with Crippen molar-refractivity contribution in [3.8, 4) is 0 Å². The third-order valence-electron chi connectivity index (χ3n) is 1.55. The molecular formula is C8H3F3NO. The first-order chi connectivity index (χ1) is 6.07. The van der Waals surface area contributed by atoms with Crippen LogP contribution in [0.4, 0.5) is 13.2 Å². The molecule has 0 fully saturated rings. The summed E-state index contributed by atoms with van der Waals surface area (Å²) < 4.78 is 40.9. The summed E-state index contributed by atoms with van der Waals surface area (Å²) >= 11 is 0. The number of fused-ring (bicyclic) bond motifs is 1. The number of nitrogens with zero attached hydrogens (tertiary/aromatic N) is 1. The van der Waals surface area contributed by atoms with Crippen molar-refractivity contribution in [2.75, 3.05) is 0 Å². The number of pyridine rings is 1. The predicted molar refractivity (Wildman–Crippen MR) is 37.8 cm³/mol. The van der Waals surface area contributed by atoms with Crippen molar-refractivity contribution in [1.82, 2.24) is 4.98 Å². The minimum Gasteiger partial charge on any atom is -0.434 e. The summed E-state index contributed by atoms with van der Waals surface area (Å²) in [7, 11) is 0. The van der Waals surface area contributed by atoms with Gasteiger partial charge < -0.3 is 4.42 Å². The third-order valence-corrected chi connectivity index (χ3v) is 1.55. The van der Waals surface area contributed by atoms with E-state index in [0.29, 0.717) is 5.39 Å². The molecular weight excluding hydrogens is 183 g/mol. The second-order valence-corrected chi connectivity index (χ2v) is 2.45. The first kappa shape index (κ1) is 8.10. The standard InChI is InChI=1S/C8H3F3NO/c9-8(10,11)6-2-1-5-3-4-13-7(5)12-6/h1-3H. The van der Waals surface area contributed by atoms with Gasteiger partial charge in [-0.25, -0.2) is 4.98 Å². The molecule has 0 N–H and O–H groups in total. The van der Waals surface area contributed by atoms with Crippen molar-refractivity contribution in [2.45, 2.75) is 6.18 Å². The zero-order valence-corrected chi connectivity index (χ0v) is 6.22. The van der Waals surface area contributed by atoms with E-state index in [2.05, 4.69) is 15.7 Å². The molecule has 0 atom stereocenters. The Morgan fingerprint density at radius 3 is 2.77 bits per heavy atom. The second kappa shape index (κ2) is 2.48. The lowest BCUT2D eigenvalue weighted by Gasteiger charge is -2.03. The second-order valence-electron chi connectivity index (χ2n) is 2.45.